The van der Waals surface area contributed by atoms with Crippen LogP contribution in [0.1, 0.15) is 24.5 Å². The summed E-state index contributed by atoms with van der Waals surface area (Å²) in [6.07, 6.45) is 2.26. The molecule has 1 heterocycles. The lowest BCUT2D eigenvalue weighted by molar-refractivity contribution is 0.628. The van der Waals surface area contributed by atoms with Crippen molar-refractivity contribution in [2.75, 3.05) is 0 Å². The Morgan fingerprint density at radius 2 is 1.89 bits per heavy atom. The molecule has 0 unspecified atom stereocenters. The van der Waals surface area contributed by atoms with E-state index in [1.165, 1.54) is 12.1 Å². The summed E-state index contributed by atoms with van der Waals surface area (Å²) in [7, 11) is 0. The summed E-state index contributed by atoms with van der Waals surface area (Å²) in [5.74, 6) is 0.547. The molecule has 92 valence electrons. The summed E-state index contributed by atoms with van der Waals surface area (Å²) < 4.78 is 13.0. The van der Waals surface area contributed by atoms with Crippen LogP contribution >= 0.6 is 23.2 Å². The second-order valence-corrected chi connectivity index (χ2v) is 5.13. The van der Waals surface area contributed by atoms with E-state index < -0.39 is 0 Å². The largest absolute Gasteiger partial charge is 0.233 e. The molecule has 0 saturated heterocycles. The van der Waals surface area contributed by atoms with Crippen LogP contribution in [-0.4, -0.2) is 9.97 Å². The number of rotatable bonds is 2. The van der Waals surface area contributed by atoms with E-state index in [0.29, 0.717) is 27.5 Å². The minimum Gasteiger partial charge on any atom is -0.233 e. The van der Waals surface area contributed by atoms with E-state index in [0.717, 1.165) is 18.5 Å². The van der Waals surface area contributed by atoms with E-state index >= 15 is 0 Å². The average Bonchev–Trinajstić information content (AvgIpc) is 3.11. The molecule has 18 heavy (non-hydrogen) atoms. The van der Waals surface area contributed by atoms with Crippen LogP contribution in [0.5, 0.6) is 0 Å². The van der Waals surface area contributed by atoms with E-state index in [2.05, 4.69) is 9.97 Å². The highest BCUT2D eigenvalue weighted by Gasteiger charge is 2.26. The summed E-state index contributed by atoms with van der Waals surface area (Å²) in [5.41, 5.74) is 1.54. The second kappa shape index (κ2) is 4.48. The summed E-state index contributed by atoms with van der Waals surface area (Å²) in [6.45, 7) is 0. The molecule has 1 fully saturated rings. The predicted octanol–water partition coefficient (Wildman–Crippen LogP) is 4.47. The van der Waals surface area contributed by atoms with Crippen LogP contribution < -0.4 is 0 Å². The van der Waals surface area contributed by atoms with Gasteiger partial charge in [0, 0.05) is 17.2 Å². The fourth-order valence-corrected chi connectivity index (χ4v) is 2.26. The SMILES string of the molecule is Fc1ccc(-c2nc(Cl)cc(C3CC3)n2)c(Cl)c1. The zero-order chi connectivity index (χ0) is 12.7. The molecule has 0 N–H and O–H groups in total. The Hall–Kier alpha value is -1.19. The maximum Gasteiger partial charge on any atom is 0.162 e. The highest BCUT2D eigenvalue weighted by Crippen LogP contribution is 2.40. The van der Waals surface area contributed by atoms with Gasteiger partial charge in [0.15, 0.2) is 5.82 Å². The molecule has 0 amide bonds. The molecule has 0 atom stereocenters. The molecule has 0 bridgehead atoms. The first-order valence-corrected chi connectivity index (χ1v) is 6.39. The van der Waals surface area contributed by atoms with Gasteiger partial charge >= 0.3 is 0 Å². The van der Waals surface area contributed by atoms with Crippen LogP contribution in [0, 0.1) is 5.82 Å². The average molecular weight is 283 g/mol. The molecule has 1 aliphatic rings. The Balaban J connectivity index is 2.10. The Kier molecular flexibility index (Phi) is 2.96. The number of benzene rings is 1. The van der Waals surface area contributed by atoms with Gasteiger partial charge in [0.1, 0.15) is 11.0 Å². The van der Waals surface area contributed by atoms with Crippen LogP contribution in [0.4, 0.5) is 4.39 Å². The van der Waals surface area contributed by atoms with Gasteiger partial charge in [-0.25, -0.2) is 14.4 Å². The first-order valence-electron chi connectivity index (χ1n) is 5.63. The fraction of sp³-hybridized carbons (Fsp3) is 0.231. The number of nitrogens with zero attached hydrogens (tertiary/aromatic N) is 2. The highest BCUT2D eigenvalue weighted by molar-refractivity contribution is 6.33. The zero-order valence-corrected chi connectivity index (χ0v) is 10.8. The molecule has 0 aliphatic heterocycles. The molecule has 5 heteroatoms. The van der Waals surface area contributed by atoms with Gasteiger partial charge in [0.05, 0.1) is 5.02 Å². The van der Waals surface area contributed by atoms with Crippen molar-refractivity contribution in [2.24, 2.45) is 0 Å². The lowest BCUT2D eigenvalue weighted by atomic mass is 10.2. The van der Waals surface area contributed by atoms with Gasteiger partial charge in [-0.15, -0.1) is 0 Å². The van der Waals surface area contributed by atoms with Crippen molar-refractivity contribution in [3.05, 3.63) is 46.0 Å². The third kappa shape index (κ3) is 2.33. The maximum atomic E-state index is 13.0. The molecule has 1 aromatic carbocycles. The lowest BCUT2D eigenvalue weighted by Gasteiger charge is -2.06. The Morgan fingerprint density at radius 1 is 1.11 bits per heavy atom. The molecule has 1 saturated carbocycles. The molecule has 3 rings (SSSR count). The first kappa shape index (κ1) is 11.9. The summed E-state index contributed by atoms with van der Waals surface area (Å²) in [6, 6.07) is 5.93. The van der Waals surface area contributed by atoms with Gasteiger partial charge in [0.25, 0.3) is 0 Å². The minimum absolute atomic E-state index is 0.291. The smallest absolute Gasteiger partial charge is 0.162 e. The molecule has 2 nitrogen and oxygen atoms in total. The van der Waals surface area contributed by atoms with Gasteiger partial charge in [-0.1, -0.05) is 23.2 Å². The van der Waals surface area contributed by atoms with Gasteiger partial charge in [-0.05, 0) is 37.1 Å². The second-order valence-electron chi connectivity index (χ2n) is 4.34. The highest BCUT2D eigenvalue weighted by atomic mass is 35.5. The molecular weight excluding hydrogens is 274 g/mol. The van der Waals surface area contributed by atoms with Crippen LogP contribution in [0.3, 0.4) is 0 Å². The molecule has 1 aliphatic carbocycles. The van der Waals surface area contributed by atoms with Crippen LogP contribution in [0.15, 0.2) is 24.3 Å². The van der Waals surface area contributed by atoms with Gasteiger partial charge < -0.3 is 0 Å². The van der Waals surface area contributed by atoms with Crippen molar-refractivity contribution >= 4 is 23.2 Å². The van der Waals surface area contributed by atoms with E-state index in [4.69, 9.17) is 23.2 Å². The molecule has 0 radical (unpaired) electrons. The van der Waals surface area contributed by atoms with Crippen LogP contribution in [-0.2, 0) is 0 Å². The standard InChI is InChI=1S/C13H9Cl2FN2/c14-10-5-8(16)3-4-9(10)13-17-11(7-1-2-7)6-12(15)18-13/h3-7H,1-2H2. The van der Waals surface area contributed by atoms with Crippen molar-refractivity contribution in [1.82, 2.24) is 9.97 Å². The fourth-order valence-electron chi connectivity index (χ4n) is 1.81. The summed E-state index contributed by atoms with van der Waals surface area (Å²) in [4.78, 5) is 8.61. The third-order valence-electron chi connectivity index (χ3n) is 2.88. The molecule has 1 aromatic heterocycles. The van der Waals surface area contributed by atoms with E-state index in [-0.39, 0.29) is 5.82 Å². The Morgan fingerprint density at radius 3 is 2.56 bits per heavy atom. The summed E-state index contributed by atoms with van der Waals surface area (Å²) >= 11 is 12.0. The van der Waals surface area contributed by atoms with Crippen LogP contribution in [0.2, 0.25) is 10.2 Å². The Labute approximate surface area is 114 Å². The summed E-state index contributed by atoms with van der Waals surface area (Å²) in [5, 5.41) is 0.682. The lowest BCUT2D eigenvalue weighted by Crippen LogP contribution is -1.95. The molecule has 0 spiro atoms. The van der Waals surface area contributed by atoms with E-state index in [9.17, 15) is 4.39 Å². The minimum atomic E-state index is -0.381. The Bertz CT molecular complexity index is 612. The molecular formula is C13H9Cl2FN2. The van der Waals surface area contributed by atoms with Gasteiger partial charge in [-0.3, -0.25) is 0 Å². The van der Waals surface area contributed by atoms with Crippen molar-refractivity contribution in [3.63, 3.8) is 0 Å². The van der Waals surface area contributed by atoms with Gasteiger partial charge in [0.2, 0.25) is 0 Å². The van der Waals surface area contributed by atoms with Gasteiger partial charge in [-0.2, -0.15) is 0 Å². The third-order valence-corrected chi connectivity index (χ3v) is 3.39. The van der Waals surface area contributed by atoms with Crippen molar-refractivity contribution in [3.8, 4) is 11.4 Å². The number of halogens is 3. The molecule has 2 aromatic rings. The first-order chi connectivity index (χ1) is 8.63. The maximum absolute atomic E-state index is 13.0. The van der Waals surface area contributed by atoms with Crippen LogP contribution in [0.25, 0.3) is 11.4 Å². The number of aromatic nitrogens is 2. The number of hydrogen-bond acceptors (Lipinski definition) is 2. The monoisotopic (exact) mass is 282 g/mol. The topological polar surface area (TPSA) is 25.8 Å². The van der Waals surface area contributed by atoms with Crippen molar-refractivity contribution in [1.29, 1.82) is 0 Å². The zero-order valence-electron chi connectivity index (χ0n) is 9.33. The number of hydrogen-bond donors (Lipinski definition) is 0. The van der Waals surface area contributed by atoms with E-state index in [1.54, 1.807) is 12.1 Å². The van der Waals surface area contributed by atoms with Crippen molar-refractivity contribution in [2.45, 2.75) is 18.8 Å². The van der Waals surface area contributed by atoms with Crippen molar-refractivity contribution < 1.29 is 4.39 Å². The predicted molar refractivity (Wildman–Crippen MR) is 69.4 cm³/mol. The normalized spacial score (nSPS) is 14.8. The quantitative estimate of drug-likeness (QED) is 0.760. The van der Waals surface area contributed by atoms with E-state index in [1.807, 2.05) is 0 Å².